The summed E-state index contributed by atoms with van der Waals surface area (Å²) in [5, 5.41) is -0.0956. The monoisotopic (exact) mass is 280 g/mol. The van der Waals surface area contributed by atoms with Crippen LogP contribution in [-0.2, 0) is 0 Å². The Hall–Kier alpha value is -0.790. The summed E-state index contributed by atoms with van der Waals surface area (Å²) < 4.78 is 1.05. The first kappa shape index (κ1) is 10.7. The van der Waals surface area contributed by atoms with Gasteiger partial charge in [0.2, 0.25) is 0 Å². The molecule has 1 unspecified atom stereocenters. The Morgan fingerprint density at radius 1 is 0.867 bits per heavy atom. The molecule has 2 rings (SSSR count). The van der Waals surface area contributed by atoms with Crippen molar-refractivity contribution in [2.24, 2.45) is 0 Å². The van der Waals surface area contributed by atoms with Gasteiger partial charge in [0, 0.05) is 4.47 Å². The zero-order valence-corrected chi connectivity index (χ0v) is 10.4. The van der Waals surface area contributed by atoms with Crippen LogP contribution in [0.2, 0.25) is 0 Å². The van der Waals surface area contributed by atoms with E-state index in [1.54, 1.807) is 0 Å². The van der Waals surface area contributed by atoms with Gasteiger partial charge in [-0.3, -0.25) is 0 Å². The molecule has 15 heavy (non-hydrogen) atoms. The van der Waals surface area contributed by atoms with Crippen LogP contribution < -0.4 is 0 Å². The molecule has 0 aliphatic rings. The highest BCUT2D eigenvalue weighted by Gasteiger charge is 2.12. The second-order valence-corrected chi connectivity index (χ2v) is 4.59. The van der Waals surface area contributed by atoms with Crippen molar-refractivity contribution in [2.45, 2.75) is 5.38 Å². The number of halogens is 2. The second kappa shape index (κ2) is 4.82. The van der Waals surface area contributed by atoms with Crippen molar-refractivity contribution in [3.63, 3.8) is 0 Å². The van der Waals surface area contributed by atoms with Crippen LogP contribution in [0, 0.1) is 0 Å². The maximum atomic E-state index is 6.41. The molecule has 0 fully saturated rings. The molecule has 2 aromatic carbocycles. The fourth-order valence-corrected chi connectivity index (χ4v) is 2.46. The lowest BCUT2D eigenvalue weighted by Gasteiger charge is -2.11. The summed E-state index contributed by atoms with van der Waals surface area (Å²) in [6, 6.07) is 18.1. The Morgan fingerprint density at radius 3 is 2.13 bits per heavy atom. The fraction of sp³-hybridized carbons (Fsp3) is 0.0769. The van der Waals surface area contributed by atoms with Gasteiger partial charge in [0.25, 0.3) is 0 Å². The van der Waals surface area contributed by atoms with Gasteiger partial charge < -0.3 is 0 Å². The van der Waals surface area contributed by atoms with E-state index in [1.807, 2.05) is 54.6 Å². The molecule has 1 atom stereocenters. The first-order valence-electron chi connectivity index (χ1n) is 4.72. The third kappa shape index (κ3) is 2.42. The molecule has 0 saturated carbocycles. The highest BCUT2D eigenvalue weighted by Crippen LogP contribution is 2.33. The van der Waals surface area contributed by atoms with Crippen LogP contribution in [0.1, 0.15) is 16.5 Å². The van der Waals surface area contributed by atoms with E-state index in [4.69, 9.17) is 11.6 Å². The average molecular weight is 282 g/mol. The van der Waals surface area contributed by atoms with Crippen LogP contribution in [0.3, 0.4) is 0 Å². The average Bonchev–Trinajstić information content (AvgIpc) is 2.30. The predicted molar refractivity (Wildman–Crippen MR) is 68.3 cm³/mol. The van der Waals surface area contributed by atoms with Crippen molar-refractivity contribution in [1.29, 1.82) is 0 Å². The molecule has 0 radical (unpaired) electrons. The minimum Gasteiger partial charge on any atom is -0.113 e. The summed E-state index contributed by atoms with van der Waals surface area (Å²) >= 11 is 9.92. The first-order valence-corrected chi connectivity index (χ1v) is 5.95. The smallest absolute Gasteiger partial charge is 0.0846 e. The van der Waals surface area contributed by atoms with Gasteiger partial charge in [-0.2, -0.15) is 0 Å². The molecular weight excluding hydrogens is 271 g/mol. The molecule has 0 bridgehead atoms. The predicted octanol–water partition coefficient (Wildman–Crippen LogP) is 4.78. The Labute approximate surface area is 103 Å². The van der Waals surface area contributed by atoms with Crippen LogP contribution >= 0.6 is 27.5 Å². The molecule has 0 spiro atoms. The number of hydrogen-bond donors (Lipinski definition) is 0. The van der Waals surface area contributed by atoms with Crippen LogP contribution in [0.25, 0.3) is 0 Å². The Bertz CT molecular complexity index is 439. The van der Waals surface area contributed by atoms with Crippen molar-refractivity contribution >= 4 is 27.5 Å². The lowest BCUT2D eigenvalue weighted by atomic mass is 10.0. The summed E-state index contributed by atoms with van der Waals surface area (Å²) in [7, 11) is 0. The minimum atomic E-state index is -0.0956. The molecule has 0 nitrogen and oxygen atoms in total. The van der Waals surface area contributed by atoms with E-state index in [-0.39, 0.29) is 5.38 Å². The minimum absolute atomic E-state index is 0.0956. The van der Waals surface area contributed by atoms with Gasteiger partial charge in [0.1, 0.15) is 0 Å². The van der Waals surface area contributed by atoms with E-state index >= 15 is 0 Å². The number of rotatable bonds is 2. The molecule has 0 heterocycles. The summed E-state index contributed by atoms with van der Waals surface area (Å²) in [4.78, 5) is 0. The van der Waals surface area contributed by atoms with Crippen LogP contribution in [-0.4, -0.2) is 0 Å². The van der Waals surface area contributed by atoms with Crippen LogP contribution in [0.4, 0.5) is 0 Å². The van der Waals surface area contributed by atoms with Gasteiger partial charge in [-0.15, -0.1) is 11.6 Å². The molecule has 0 aromatic heterocycles. The van der Waals surface area contributed by atoms with Gasteiger partial charge in [-0.05, 0) is 17.2 Å². The molecule has 2 aromatic rings. The maximum Gasteiger partial charge on any atom is 0.0846 e. The standard InChI is InChI=1S/C13H10BrCl/c14-12-9-5-4-8-11(12)13(15)10-6-2-1-3-7-10/h1-9,13H. The van der Waals surface area contributed by atoms with E-state index in [1.165, 1.54) is 0 Å². The fourth-order valence-electron chi connectivity index (χ4n) is 1.48. The van der Waals surface area contributed by atoms with Crippen LogP contribution in [0.5, 0.6) is 0 Å². The molecule has 0 N–H and O–H groups in total. The Morgan fingerprint density at radius 2 is 1.47 bits per heavy atom. The highest BCUT2D eigenvalue weighted by molar-refractivity contribution is 9.10. The van der Waals surface area contributed by atoms with Crippen molar-refractivity contribution in [3.8, 4) is 0 Å². The first-order chi connectivity index (χ1) is 7.29. The van der Waals surface area contributed by atoms with Gasteiger partial charge in [0.15, 0.2) is 0 Å². The zero-order valence-electron chi connectivity index (χ0n) is 8.03. The van der Waals surface area contributed by atoms with E-state index in [9.17, 15) is 0 Å². The SMILES string of the molecule is ClC(c1ccccc1)c1ccccc1Br. The topological polar surface area (TPSA) is 0 Å². The second-order valence-electron chi connectivity index (χ2n) is 3.29. The number of alkyl halides is 1. The van der Waals surface area contributed by atoms with E-state index < -0.39 is 0 Å². The highest BCUT2D eigenvalue weighted by atomic mass is 79.9. The number of benzene rings is 2. The number of hydrogen-bond acceptors (Lipinski definition) is 0. The Balaban J connectivity index is 2.37. The Kier molecular flexibility index (Phi) is 3.45. The quantitative estimate of drug-likeness (QED) is 0.695. The summed E-state index contributed by atoms with van der Waals surface area (Å²) in [5.74, 6) is 0. The van der Waals surface area contributed by atoms with Crippen molar-refractivity contribution < 1.29 is 0 Å². The molecule has 0 aliphatic heterocycles. The zero-order chi connectivity index (χ0) is 10.7. The molecule has 0 aliphatic carbocycles. The van der Waals surface area contributed by atoms with Crippen LogP contribution in [0.15, 0.2) is 59.1 Å². The third-order valence-electron chi connectivity index (χ3n) is 2.27. The van der Waals surface area contributed by atoms with Gasteiger partial charge in [-0.25, -0.2) is 0 Å². The molecular formula is C13H10BrCl. The van der Waals surface area contributed by atoms with Crippen molar-refractivity contribution in [3.05, 3.63) is 70.2 Å². The van der Waals surface area contributed by atoms with Gasteiger partial charge >= 0.3 is 0 Å². The van der Waals surface area contributed by atoms with Gasteiger partial charge in [0.05, 0.1) is 5.38 Å². The molecule has 0 saturated heterocycles. The lowest BCUT2D eigenvalue weighted by Crippen LogP contribution is -1.93. The molecule has 0 amide bonds. The summed E-state index contributed by atoms with van der Waals surface area (Å²) in [6.45, 7) is 0. The molecule has 2 heteroatoms. The largest absolute Gasteiger partial charge is 0.113 e. The van der Waals surface area contributed by atoms with E-state index in [2.05, 4.69) is 15.9 Å². The van der Waals surface area contributed by atoms with Crippen molar-refractivity contribution in [1.82, 2.24) is 0 Å². The normalized spacial score (nSPS) is 12.4. The summed E-state index contributed by atoms with van der Waals surface area (Å²) in [6.07, 6.45) is 0. The maximum absolute atomic E-state index is 6.41. The van der Waals surface area contributed by atoms with Crippen molar-refractivity contribution in [2.75, 3.05) is 0 Å². The lowest BCUT2D eigenvalue weighted by molar-refractivity contribution is 1.13. The third-order valence-corrected chi connectivity index (χ3v) is 3.48. The summed E-state index contributed by atoms with van der Waals surface area (Å²) in [5.41, 5.74) is 2.22. The molecule has 76 valence electrons. The van der Waals surface area contributed by atoms with E-state index in [0.717, 1.165) is 15.6 Å². The van der Waals surface area contributed by atoms with Gasteiger partial charge in [-0.1, -0.05) is 64.5 Å². The van der Waals surface area contributed by atoms with E-state index in [0.29, 0.717) is 0 Å².